The van der Waals surface area contributed by atoms with E-state index in [-0.39, 0.29) is 5.91 Å². The standard InChI is InChI=1S/C17H20N2O4/c1-21-12-6-8-13(9-7-12)22-11-10-18-17(20)16-14-4-2-3-5-15(14)23-19-16/h6-9H,2-5,10-11H2,1H3,(H,18,20). The van der Waals surface area contributed by atoms with Crippen LogP contribution in [-0.2, 0) is 12.8 Å². The van der Waals surface area contributed by atoms with Crippen LogP contribution in [0.5, 0.6) is 11.5 Å². The number of methoxy groups -OCH3 is 1. The van der Waals surface area contributed by atoms with Gasteiger partial charge >= 0.3 is 0 Å². The van der Waals surface area contributed by atoms with Crippen molar-refractivity contribution >= 4 is 5.91 Å². The number of ether oxygens (including phenoxy) is 2. The third kappa shape index (κ3) is 3.64. The van der Waals surface area contributed by atoms with E-state index in [2.05, 4.69) is 10.5 Å². The van der Waals surface area contributed by atoms with E-state index >= 15 is 0 Å². The highest BCUT2D eigenvalue weighted by Crippen LogP contribution is 2.24. The van der Waals surface area contributed by atoms with Gasteiger partial charge in [0.1, 0.15) is 23.9 Å². The third-order valence-corrected chi connectivity index (χ3v) is 3.88. The zero-order valence-corrected chi connectivity index (χ0v) is 13.1. The smallest absolute Gasteiger partial charge is 0.273 e. The Hall–Kier alpha value is -2.50. The monoisotopic (exact) mass is 316 g/mol. The first-order valence-electron chi connectivity index (χ1n) is 7.80. The Bertz CT molecular complexity index is 664. The van der Waals surface area contributed by atoms with Crippen molar-refractivity contribution in [2.75, 3.05) is 20.3 Å². The second-order valence-electron chi connectivity index (χ2n) is 5.42. The van der Waals surface area contributed by atoms with Gasteiger partial charge in [0.25, 0.3) is 5.91 Å². The lowest BCUT2D eigenvalue weighted by atomic mass is 9.96. The van der Waals surface area contributed by atoms with E-state index in [9.17, 15) is 4.79 Å². The van der Waals surface area contributed by atoms with Crippen LogP contribution in [0, 0.1) is 0 Å². The molecule has 0 radical (unpaired) electrons. The molecular weight excluding hydrogens is 296 g/mol. The van der Waals surface area contributed by atoms with Crippen LogP contribution in [0.3, 0.4) is 0 Å². The maximum absolute atomic E-state index is 12.2. The van der Waals surface area contributed by atoms with Gasteiger partial charge in [0.2, 0.25) is 0 Å². The molecule has 1 aromatic heterocycles. The zero-order valence-electron chi connectivity index (χ0n) is 13.1. The summed E-state index contributed by atoms with van der Waals surface area (Å²) in [6.45, 7) is 0.796. The number of carbonyl (C=O) groups is 1. The molecule has 0 bridgehead atoms. The maximum atomic E-state index is 12.2. The summed E-state index contributed by atoms with van der Waals surface area (Å²) in [5, 5.41) is 6.73. The summed E-state index contributed by atoms with van der Waals surface area (Å²) in [7, 11) is 1.62. The van der Waals surface area contributed by atoms with Gasteiger partial charge < -0.3 is 19.3 Å². The average Bonchev–Trinajstić information content (AvgIpc) is 3.03. The minimum Gasteiger partial charge on any atom is -0.497 e. The predicted octanol–water partition coefficient (Wildman–Crippen LogP) is 2.37. The van der Waals surface area contributed by atoms with E-state index in [0.717, 1.165) is 48.5 Å². The fourth-order valence-corrected chi connectivity index (χ4v) is 2.65. The van der Waals surface area contributed by atoms with Gasteiger partial charge in [-0.05, 0) is 43.5 Å². The summed E-state index contributed by atoms with van der Waals surface area (Å²) in [6, 6.07) is 7.31. The molecule has 0 spiro atoms. The molecule has 6 nitrogen and oxygen atoms in total. The number of hydrogen-bond acceptors (Lipinski definition) is 5. The molecule has 0 aliphatic heterocycles. The van der Waals surface area contributed by atoms with Crippen LogP contribution in [0.2, 0.25) is 0 Å². The van der Waals surface area contributed by atoms with E-state index < -0.39 is 0 Å². The Kier molecular flexibility index (Phi) is 4.80. The van der Waals surface area contributed by atoms with Gasteiger partial charge in [0, 0.05) is 12.0 Å². The second kappa shape index (κ2) is 7.17. The molecule has 0 fully saturated rings. The van der Waals surface area contributed by atoms with E-state index in [1.165, 1.54) is 0 Å². The number of aryl methyl sites for hydroxylation is 1. The fraction of sp³-hybridized carbons (Fsp3) is 0.412. The normalized spacial score (nSPS) is 13.3. The molecule has 6 heteroatoms. The van der Waals surface area contributed by atoms with E-state index in [1.807, 2.05) is 24.3 Å². The number of amides is 1. The van der Waals surface area contributed by atoms with Crippen LogP contribution in [0.1, 0.15) is 34.7 Å². The predicted molar refractivity (Wildman–Crippen MR) is 84.0 cm³/mol. The topological polar surface area (TPSA) is 73.6 Å². The minimum atomic E-state index is -0.199. The highest BCUT2D eigenvalue weighted by Gasteiger charge is 2.23. The van der Waals surface area contributed by atoms with Crippen molar-refractivity contribution in [1.29, 1.82) is 0 Å². The maximum Gasteiger partial charge on any atom is 0.273 e. The van der Waals surface area contributed by atoms with Crippen molar-refractivity contribution in [3.8, 4) is 11.5 Å². The number of nitrogens with zero attached hydrogens (tertiary/aromatic N) is 1. The average molecular weight is 316 g/mol. The van der Waals surface area contributed by atoms with Gasteiger partial charge in [-0.1, -0.05) is 5.16 Å². The Morgan fingerprint density at radius 3 is 2.74 bits per heavy atom. The Labute approximate surface area is 134 Å². The highest BCUT2D eigenvalue weighted by molar-refractivity contribution is 5.93. The van der Waals surface area contributed by atoms with Crippen LogP contribution >= 0.6 is 0 Å². The van der Waals surface area contributed by atoms with Crippen LogP contribution in [0.4, 0.5) is 0 Å². The number of hydrogen-bond donors (Lipinski definition) is 1. The number of benzene rings is 1. The van der Waals surface area contributed by atoms with Gasteiger partial charge in [0.05, 0.1) is 13.7 Å². The number of fused-ring (bicyclic) bond motifs is 1. The first-order chi connectivity index (χ1) is 11.3. The Morgan fingerprint density at radius 2 is 1.96 bits per heavy atom. The van der Waals surface area contributed by atoms with Crippen molar-refractivity contribution in [3.05, 3.63) is 41.3 Å². The quantitative estimate of drug-likeness (QED) is 0.828. The molecule has 1 aliphatic rings. The second-order valence-corrected chi connectivity index (χ2v) is 5.42. The number of rotatable bonds is 6. The molecule has 0 atom stereocenters. The molecule has 1 heterocycles. The largest absolute Gasteiger partial charge is 0.497 e. The molecule has 0 saturated carbocycles. The summed E-state index contributed by atoms with van der Waals surface area (Å²) in [5.74, 6) is 2.17. The lowest BCUT2D eigenvalue weighted by Crippen LogP contribution is -2.29. The molecule has 23 heavy (non-hydrogen) atoms. The zero-order chi connectivity index (χ0) is 16.1. The number of aromatic nitrogens is 1. The summed E-state index contributed by atoms with van der Waals surface area (Å²) in [4.78, 5) is 12.2. The molecule has 0 saturated heterocycles. The van der Waals surface area contributed by atoms with Gasteiger partial charge in [-0.25, -0.2) is 0 Å². The van der Waals surface area contributed by atoms with E-state index in [1.54, 1.807) is 7.11 Å². The lowest BCUT2D eigenvalue weighted by Gasteiger charge is -2.10. The summed E-state index contributed by atoms with van der Waals surface area (Å²) < 4.78 is 15.9. The van der Waals surface area contributed by atoms with Gasteiger partial charge in [0.15, 0.2) is 5.69 Å². The van der Waals surface area contributed by atoms with Crippen LogP contribution in [0.25, 0.3) is 0 Å². The minimum absolute atomic E-state index is 0.199. The molecule has 2 aromatic rings. The van der Waals surface area contributed by atoms with Crippen molar-refractivity contribution < 1.29 is 18.8 Å². The molecule has 122 valence electrons. The van der Waals surface area contributed by atoms with Crippen LogP contribution < -0.4 is 14.8 Å². The summed E-state index contributed by atoms with van der Waals surface area (Å²) >= 11 is 0. The number of nitrogens with one attached hydrogen (secondary N) is 1. The Morgan fingerprint density at radius 1 is 1.22 bits per heavy atom. The first-order valence-corrected chi connectivity index (χ1v) is 7.80. The lowest BCUT2D eigenvalue weighted by molar-refractivity contribution is 0.0937. The van der Waals surface area contributed by atoms with Gasteiger partial charge in [-0.15, -0.1) is 0 Å². The van der Waals surface area contributed by atoms with Crippen molar-refractivity contribution in [2.45, 2.75) is 25.7 Å². The Balaban J connectivity index is 1.46. The molecule has 3 rings (SSSR count). The van der Waals surface area contributed by atoms with Crippen molar-refractivity contribution in [2.24, 2.45) is 0 Å². The molecule has 1 N–H and O–H groups in total. The molecular formula is C17H20N2O4. The van der Waals surface area contributed by atoms with Gasteiger partial charge in [-0.3, -0.25) is 4.79 Å². The third-order valence-electron chi connectivity index (χ3n) is 3.88. The van der Waals surface area contributed by atoms with E-state index in [4.69, 9.17) is 14.0 Å². The van der Waals surface area contributed by atoms with Crippen molar-refractivity contribution in [3.63, 3.8) is 0 Å². The molecule has 0 unspecified atom stereocenters. The molecule has 1 aromatic carbocycles. The van der Waals surface area contributed by atoms with Crippen LogP contribution in [-0.4, -0.2) is 31.3 Å². The summed E-state index contributed by atoms with van der Waals surface area (Å²) in [5.41, 5.74) is 1.38. The summed E-state index contributed by atoms with van der Waals surface area (Å²) in [6.07, 6.45) is 3.91. The molecule has 1 amide bonds. The first kappa shape index (κ1) is 15.4. The molecule has 1 aliphatic carbocycles. The van der Waals surface area contributed by atoms with Crippen molar-refractivity contribution in [1.82, 2.24) is 10.5 Å². The number of carbonyl (C=O) groups excluding carboxylic acids is 1. The SMILES string of the molecule is COc1ccc(OCCNC(=O)c2noc3c2CCCC3)cc1. The highest BCUT2D eigenvalue weighted by atomic mass is 16.5. The van der Waals surface area contributed by atoms with E-state index in [0.29, 0.717) is 18.8 Å². The fourth-order valence-electron chi connectivity index (χ4n) is 2.65. The van der Waals surface area contributed by atoms with Gasteiger partial charge in [-0.2, -0.15) is 0 Å². The van der Waals surface area contributed by atoms with Crippen LogP contribution in [0.15, 0.2) is 28.8 Å².